The van der Waals surface area contributed by atoms with Crippen LogP contribution in [-0.4, -0.2) is 45.1 Å². The van der Waals surface area contributed by atoms with E-state index in [1.54, 1.807) is 13.3 Å². The van der Waals surface area contributed by atoms with E-state index in [9.17, 15) is 4.79 Å². The molecule has 1 fully saturated rings. The fourth-order valence-corrected chi connectivity index (χ4v) is 2.76. The Morgan fingerprint density at radius 3 is 2.81 bits per heavy atom. The van der Waals surface area contributed by atoms with Gasteiger partial charge in [-0.25, -0.2) is 0 Å². The molecule has 1 N–H and O–H groups in total. The Kier molecular flexibility index (Phi) is 6.82. The molecular formula is C21H24N2O4. The lowest BCUT2D eigenvalue weighted by molar-refractivity contribution is -0.123. The lowest BCUT2D eigenvalue weighted by atomic mass is 10.2. The number of carbonyl (C=O) groups is 1. The summed E-state index contributed by atoms with van der Waals surface area (Å²) in [5.74, 6) is 1.21. The van der Waals surface area contributed by atoms with Gasteiger partial charge in [0.1, 0.15) is 17.2 Å². The molecule has 0 unspecified atom stereocenters. The Bertz CT molecular complexity index is 768. The molecule has 1 aliphatic rings. The molecule has 1 atom stereocenters. The molecular weight excluding hydrogens is 344 g/mol. The Morgan fingerprint density at radius 1 is 1.26 bits per heavy atom. The summed E-state index contributed by atoms with van der Waals surface area (Å²) in [6.07, 6.45) is 3.95. The number of hydrogen-bond donors (Lipinski definition) is 1. The molecule has 1 aliphatic heterocycles. The van der Waals surface area contributed by atoms with E-state index >= 15 is 0 Å². The fourth-order valence-electron chi connectivity index (χ4n) is 2.76. The summed E-state index contributed by atoms with van der Waals surface area (Å²) in [6, 6.07) is 15.0. The molecule has 3 rings (SSSR count). The van der Waals surface area contributed by atoms with Crippen molar-refractivity contribution in [1.82, 2.24) is 5.32 Å². The first-order chi connectivity index (χ1) is 13.2. The van der Waals surface area contributed by atoms with E-state index in [0.29, 0.717) is 12.3 Å². The highest BCUT2D eigenvalue weighted by Crippen LogP contribution is 2.26. The summed E-state index contributed by atoms with van der Waals surface area (Å²) >= 11 is 0. The van der Waals surface area contributed by atoms with Crippen LogP contribution in [-0.2, 0) is 9.53 Å². The molecule has 27 heavy (non-hydrogen) atoms. The van der Waals surface area contributed by atoms with Crippen molar-refractivity contribution in [2.75, 3.05) is 26.9 Å². The molecule has 0 bridgehead atoms. The Hall–Kier alpha value is -2.86. The number of benzene rings is 2. The minimum atomic E-state index is -0.146. The third-order valence-corrected chi connectivity index (χ3v) is 4.24. The zero-order valence-electron chi connectivity index (χ0n) is 15.4. The van der Waals surface area contributed by atoms with E-state index in [4.69, 9.17) is 14.2 Å². The molecule has 6 heteroatoms. The van der Waals surface area contributed by atoms with Gasteiger partial charge in [-0.15, -0.1) is 0 Å². The van der Waals surface area contributed by atoms with Gasteiger partial charge in [0.15, 0.2) is 6.61 Å². The van der Waals surface area contributed by atoms with Gasteiger partial charge in [-0.2, -0.15) is 0 Å². The topological polar surface area (TPSA) is 69.2 Å². The van der Waals surface area contributed by atoms with Crippen LogP contribution in [0.15, 0.2) is 53.5 Å². The van der Waals surface area contributed by atoms with Crippen molar-refractivity contribution < 1.29 is 19.0 Å². The average Bonchev–Trinajstić information content (AvgIpc) is 3.24. The summed E-state index contributed by atoms with van der Waals surface area (Å²) in [5.41, 5.74) is 1.69. The molecule has 142 valence electrons. The molecule has 0 radical (unpaired) electrons. The zero-order chi connectivity index (χ0) is 18.9. The summed E-state index contributed by atoms with van der Waals surface area (Å²) < 4.78 is 16.3. The van der Waals surface area contributed by atoms with Crippen LogP contribution < -0.4 is 14.8 Å². The maximum absolute atomic E-state index is 11.8. The number of nitrogens with one attached hydrogen (secondary N) is 1. The lowest BCUT2D eigenvalue weighted by Crippen LogP contribution is -2.35. The molecule has 1 amide bonds. The van der Waals surface area contributed by atoms with Crippen molar-refractivity contribution >= 4 is 17.8 Å². The van der Waals surface area contributed by atoms with E-state index in [0.717, 1.165) is 36.4 Å². The highest BCUT2D eigenvalue weighted by atomic mass is 16.5. The van der Waals surface area contributed by atoms with E-state index in [-0.39, 0.29) is 18.6 Å². The quantitative estimate of drug-likeness (QED) is 0.727. The normalized spacial score (nSPS) is 16.4. The Morgan fingerprint density at radius 2 is 2.07 bits per heavy atom. The van der Waals surface area contributed by atoms with Crippen molar-refractivity contribution in [3.63, 3.8) is 0 Å². The highest BCUT2D eigenvalue weighted by Gasteiger charge is 2.16. The van der Waals surface area contributed by atoms with Gasteiger partial charge in [0.05, 0.1) is 13.2 Å². The Labute approximate surface area is 159 Å². The number of carbonyl (C=O) groups excluding carboxylic acids is 1. The summed E-state index contributed by atoms with van der Waals surface area (Å²) in [6.45, 7) is 1.31. The van der Waals surface area contributed by atoms with Crippen LogP contribution in [0.3, 0.4) is 0 Å². The van der Waals surface area contributed by atoms with Crippen LogP contribution in [0.5, 0.6) is 11.5 Å². The third kappa shape index (κ3) is 5.82. The van der Waals surface area contributed by atoms with Crippen molar-refractivity contribution in [2.45, 2.75) is 18.9 Å². The average molecular weight is 368 g/mol. The highest BCUT2D eigenvalue weighted by molar-refractivity contribution is 5.83. The molecule has 0 saturated carbocycles. The van der Waals surface area contributed by atoms with Gasteiger partial charge < -0.3 is 19.5 Å². The third-order valence-electron chi connectivity index (χ3n) is 4.24. The van der Waals surface area contributed by atoms with Gasteiger partial charge in [0.2, 0.25) is 0 Å². The number of rotatable bonds is 8. The van der Waals surface area contributed by atoms with E-state index in [1.807, 2.05) is 48.5 Å². The molecule has 2 aromatic rings. The molecule has 2 aromatic carbocycles. The number of nitrogens with zero attached hydrogens (tertiary/aromatic N) is 1. The standard InChI is InChI=1S/C21H24N2O4/c1-25-20-7-3-2-6-19(20)22-13-16-8-10-17(11-9-16)27-15-21(24)23-14-18-5-4-12-26-18/h2-3,6-11,13,18H,4-5,12,14-15H2,1H3,(H,23,24)/t18-/m1/s1. The second-order valence-electron chi connectivity index (χ2n) is 6.23. The van der Waals surface area contributed by atoms with Gasteiger partial charge in [0.25, 0.3) is 5.91 Å². The number of ether oxygens (including phenoxy) is 3. The van der Waals surface area contributed by atoms with Crippen molar-refractivity contribution in [3.05, 3.63) is 54.1 Å². The predicted octanol–water partition coefficient (Wildman–Crippen LogP) is 3.12. The van der Waals surface area contributed by atoms with Crippen molar-refractivity contribution in [2.24, 2.45) is 4.99 Å². The van der Waals surface area contributed by atoms with Crippen molar-refractivity contribution in [3.8, 4) is 11.5 Å². The Balaban J connectivity index is 1.46. The van der Waals surface area contributed by atoms with Gasteiger partial charge >= 0.3 is 0 Å². The molecule has 0 aromatic heterocycles. The number of hydrogen-bond acceptors (Lipinski definition) is 5. The maximum atomic E-state index is 11.8. The lowest BCUT2D eigenvalue weighted by Gasteiger charge is -2.11. The van der Waals surface area contributed by atoms with Gasteiger partial charge in [-0.3, -0.25) is 9.79 Å². The number of para-hydroxylation sites is 2. The van der Waals surface area contributed by atoms with Gasteiger partial charge in [-0.1, -0.05) is 12.1 Å². The number of amides is 1. The van der Waals surface area contributed by atoms with Crippen LogP contribution in [0.2, 0.25) is 0 Å². The number of methoxy groups -OCH3 is 1. The van der Waals surface area contributed by atoms with Crippen LogP contribution in [0.4, 0.5) is 5.69 Å². The van der Waals surface area contributed by atoms with Crippen LogP contribution >= 0.6 is 0 Å². The first kappa shape index (κ1) is 18.9. The smallest absolute Gasteiger partial charge is 0.258 e. The van der Waals surface area contributed by atoms with E-state index in [2.05, 4.69) is 10.3 Å². The van der Waals surface area contributed by atoms with Crippen LogP contribution in [0, 0.1) is 0 Å². The molecule has 1 saturated heterocycles. The second-order valence-corrected chi connectivity index (χ2v) is 6.23. The predicted molar refractivity (Wildman–Crippen MR) is 104 cm³/mol. The first-order valence-corrected chi connectivity index (χ1v) is 9.03. The summed E-state index contributed by atoms with van der Waals surface area (Å²) in [4.78, 5) is 16.3. The van der Waals surface area contributed by atoms with E-state index < -0.39 is 0 Å². The zero-order valence-corrected chi connectivity index (χ0v) is 15.4. The first-order valence-electron chi connectivity index (χ1n) is 9.03. The summed E-state index contributed by atoms with van der Waals surface area (Å²) in [5, 5.41) is 2.83. The molecule has 6 nitrogen and oxygen atoms in total. The molecule has 1 heterocycles. The maximum Gasteiger partial charge on any atom is 0.258 e. The van der Waals surface area contributed by atoms with Crippen LogP contribution in [0.25, 0.3) is 0 Å². The minimum Gasteiger partial charge on any atom is -0.494 e. The van der Waals surface area contributed by atoms with Crippen LogP contribution in [0.1, 0.15) is 18.4 Å². The fraction of sp³-hybridized carbons (Fsp3) is 0.333. The monoisotopic (exact) mass is 368 g/mol. The summed E-state index contributed by atoms with van der Waals surface area (Å²) in [7, 11) is 1.62. The van der Waals surface area contributed by atoms with E-state index in [1.165, 1.54) is 0 Å². The SMILES string of the molecule is COc1ccccc1N=Cc1ccc(OCC(=O)NC[C@H]2CCCO2)cc1. The number of aliphatic imine (C=N–C) groups is 1. The van der Waals surface area contributed by atoms with Crippen molar-refractivity contribution in [1.29, 1.82) is 0 Å². The molecule has 0 aliphatic carbocycles. The van der Waals surface area contributed by atoms with Gasteiger partial charge in [0, 0.05) is 19.4 Å². The largest absolute Gasteiger partial charge is 0.494 e. The second kappa shape index (κ2) is 9.73. The molecule has 0 spiro atoms. The minimum absolute atomic E-state index is 0.0125. The van der Waals surface area contributed by atoms with Gasteiger partial charge in [-0.05, 0) is 54.8 Å².